The van der Waals surface area contributed by atoms with Gasteiger partial charge in [-0.3, -0.25) is 0 Å². The number of hydrogen-bond acceptors (Lipinski definition) is 2. The summed E-state index contributed by atoms with van der Waals surface area (Å²) in [4.78, 5) is 8.86. The second-order valence-corrected chi connectivity index (χ2v) is 8.83. The molecule has 2 nitrogen and oxygen atoms in total. The Hall–Kier alpha value is -2.12. The van der Waals surface area contributed by atoms with Crippen LogP contribution in [-0.2, 0) is 32.6 Å². The van der Waals surface area contributed by atoms with E-state index in [1.165, 1.54) is 11.1 Å². The van der Waals surface area contributed by atoms with E-state index in [-0.39, 0.29) is 19.5 Å². The van der Waals surface area contributed by atoms with Gasteiger partial charge in [-0.2, -0.15) is 0 Å². The molecular formula is C28H24N2Se2Zn. The molecular weight excluding hydrogens is 588 g/mol. The van der Waals surface area contributed by atoms with Crippen LogP contribution in [-0.4, -0.2) is 44.5 Å². The van der Waals surface area contributed by atoms with E-state index in [0.29, 0.717) is 0 Å². The maximum atomic E-state index is 4.43. The Labute approximate surface area is 226 Å². The fraction of sp³-hybridized carbons (Fsp3) is 0.0714. The van der Waals surface area contributed by atoms with Crippen molar-refractivity contribution in [2.75, 3.05) is 0 Å². The minimum atomic E-state index is 0. The van der Waals surface area contributed by atoms with Crippen molar-refractivity contribution >= 4 is 53.4 Å². The predicted molar refractivity (Wildman–Crippen MR) is 139 cm³/mol. The minimum absolute atomic E-state index is 0. The van der Waals surface area contributed by atoms with Gasteiger partial charge in [0.25, 0.3) is 0 Å². The van der Waals surface area contributed by atoms with Gasteiger partial charge in [0.1, 0.15) is 0 Å². The standard InChI is InChI=1S/2C14H13NSe.Zn/c2*16-14-9-5-4-8-13(14)11-15-10-12-6-2-1-3-7-12;/h2*1-9,11,16H,10H2;/q;;+2/p-2. The molecule has 0 aliphatic heterocycles. The third-order valence-electron chi connectivity index (χ3n) is 4.53. The molecule has 0 aromatic heterocycles. The third kappa shape index (κ3) is 10.1. The average Bonchev–Trinajstić information content (AvgIpc) is 2.83. The van der Waals surface area contributed by atoms with Gasteiger partial charge in [-0.1, -0.05) is 0 Å². The molecule has 33 heavy (non-hydrogen) atoms. The van der Waals surface area contributed by atoms with E-state index in [1.54, 1.807) is 0 Å². The molecule has 0 aliphatic carbocycles. The number of aliphatic imine (C=N–C) groups is 2. The third-order valence-corrected chi connectivity index (χ3v) is 6.09. The van der Waals surface area contributed by atoms with Gasteiger partial charge in [-0.15, -0.1) is 0 Å². The number of hydrogen-bond donors (Lipinski definition) is 0. The molecule has 4 aromatic rings. The van der Waals surface area contributed by atoms with E-state index >= 15 is 0 Å². The van der Waals surface area contributed by atoms with Crippen LogP contribution in [0.3, 0.4) is 0 Å². The molecule has 4 aromatic carbocycles. The fourth-order valence-corrected chi connectivity index (χ4v) is 3.68. The normalized spacial score (nSPS) is 10.4. The summed E-state index contributed by atoms with van der Waals surface area (Å²) in [5.74, 6) is 0. The van der Waals surface area contributed by atoms with Crippen molar-refractivity contribution in [3.63, 3.8) is 0 Å². The summed E-state index contributed by atoms with van der Waals surface area (Å²) in [6.45, 7) is 1.46. The maximum Gasteiger partial charge on any atom is 2.00 e. The average molecular weight is 612 g/mol. The van der Waals surface area contributed by atoms with Crippen LogP contribution in [0.5, 0.6) is 0 Å². The molecule has 0 radical (unpaired) electrons. The van der Waals surface area contributed by atoms with Crippen LogP contribution in [0.1, 0.15) is 22.3 Å². The quantitative estimate of drug-likeness (QED) is 0.231. The molecule has 0 saturated heterocycles. The van der Waals surface area contributed by atoms with Crippen molar-refractivity contribution in [1.82, 2.24) is 0 Å². The summed E-state index contributed by atoms with van der Waals surface area (Å²) in [6, 6.07) is 36.8. The van der Waals surface area contributed by atoms with Gasteiger partial charge in [0.15, 0.2) is 0 Å². The van der Waals surface area contributed by atoms with Crippen LogP contribution in [0, 0.1) is 0 Å². The Bertz CT molecular complexity index is 1050. The molecule has 0 fully saturated rings. The monoisotopic (exact) mass is 612 g/mol. The van der Waals surface area contributed by atoms with Gasteiger partial charge in [0, 0.05) is 0 Å². The van der Waals surface area contributed by atoms with Crippen molar-refractivity contribution < 1.29 is 19.5 Å². The molecule has 0 unspecified atom stereocenters. The van der Waals surface area contributed by atoms with Gasteiger partial charge in [-0.05, 0) is 0 Å². The Balaban J connectivity index is 0.000000227. The molecule has 4 rings (SSSR count). The van der Waals surface area contributed by atoms with Crippen molar-refractivity contribution in [2.24, 2.45) is 9.98 Å². The topological polar surface area (TPSA) is 24.7 Å². The smallest absolute Gasteiger partial charge is 2.00 e. The van der Waals surface area contributed by atoms with Crippen molar-refractivity contribution in [1.29, 1.82) is 0 Å². The Morgan fingerprint density at radius 3 is 1.18 bits per heavy atom. The Morgan fingerprint density at radius 1 is 0.485 bits per heavy atom. The molecule has 0 amide bonds. The zero-order valence-electron chi connectivity index (χ0n) is 18.4. The fourth-order valence-electron chi connectivity index (χ4n) is 2.84. The van der Waals surface area contributed by atoms with Crippen LogP contribution in [0.25, 0.3) is 0 Å². The van der Waals surface area contributed by atoms with Crippen LogP contribution < -0.4 is 8.92 Å². The SMILES string of the molecule is [Se-]c1ccccc1C=NCc1ccccc1.[Se-]c1ccccc1C=NCc1ccccc1.[Zn+2]. The van der Waals surface area contributed by atoms with Crippen LogP contribution >= 0.6 is 0 Å². The molecule has 0 N–H and O–H groups in total. The van der Waals surface area contributed by atoms with Gasteiger partial charge in [0.2, 0.25) is 0 Å². The van der Waals surface area contributed by atoms with E-state index in [0.717, 1.165) is 33.1 Å². The van der Waals surface area contributed by atoms with Gasteiger partial charge >= 0.3 is 227 Å². The summed E-state index contributed by atoms with van der Waals surface area (Å²) in [5, 5.41) is 0. The second-order valence-electron chi connectivity index (χ2n) is 6.99. The molecule has 0 bridgehead atoms. The molecule has 0 spiro atoms. The largest absolute Gasteiger partial charge is 2.00 e. The van der Waals surface area contributed by atoms with Crippen molar-refractivity contribution in [3.05, 3.63) is 131 Å². The molecule has 5 heteroatoms. The number of rotatable bonds is 6. The zero-order valence-corrected chi connectivity index (χ0v) is 24.8. The van der Waals surface area contributed by atoms with Crippen molar-refractivity contribution in [3.8, 4) is 0 Å². The first-order chi connectivity index (χ1) is 15.7. The first-order valence-corrected chi connectivity index (χ1v) is 12.0. The second kappa shape index (κ2) is 15.7. The molecule has 0 aliphatic rings. The van der Waals surface area contributed by atoms with Crippen LogP contribution in [0.2, 0.25) is 0 Å². The van der Waals surface area contributed by atoms with Gasteiger partial charge < -0.3 is 0 Å². The van der Waals surface area contributed by atoms with E-state index in [4.69, 9.17) is 0 Å². The zero-order chi connectivity index (χ0) is 22.4. The van der Waals surface area contributed by atoms with E-state index in [2.05, 4.69) is 78.4 Å². The van der Waals surface area contributed by atoms with E-state index in [1.807, 2.05) is 85.2 Å². The Morgan fingerprint density at radius 2 is 0.818 bits per heavy atom. The molecule has 0 atom stereocenters. The van der Waals surface area contributed by atoms with Gasteiger partial charge in [0.05, 0.1) is 0 Å². The number of benzene rings is 4. The number of nitrogens with zero attached hydrogens (tertiary/aromatic N) is 2. The minimum Gasteiger partial charge on any atom is 2.00 e. The summed E-state index contributed by atoms with van der Waals surface area (Å²) >= 11 is 6.06. The summed E-state index contributed by atoms with van der Waals surface area (Å²) in [7, 11) is 0. The summed E-state index contributed by atoms with van der Waals surface area (Å²) in [6.07, 6.45) is 3.83. The first kappa shape index (κ1) is 27.1. The summed E-state index contributed by atoms with van der Waals surface area (Å²) < 4.78 is 2.28. The molecule has 0 saturated carbocycles. The maximum absolute atomic E-state index is 4.43. The molecule has 160 valence electrons. The first-order valence-electron chi connectivity index (χ1n) is 10.3. The van der Waals surface area contributed by atoms with Crippen LogP contribution in [0.15, 0.2) is 119 Å². The van der Waals surface area contributed by atoms with E-state index in [9.17, 15) is 0 Å². The van der Waals surface area contributed by atoms with Crippen molar-refractivity contribution in [2.45, 2.75) is 13.1 Å². The molecule has 0 heterocycles. The predicted octanol–water partition coefficient (Wildman–Crippen LogP) is 4.20. The van der Waals surface area contributed by atoms with E-state index < -0.39 is 0 Å². The van der Waals surface area contributed by atoms with Crippen LogP contribution in [0.4, 0.5) is 0 Å². The Kier molecular flexibility index (Phi) is 12.9. The van der Waals surface area contributed by atoms with Gasteiger partial charge in [-0.25, -0.2) is 0 Å². The summed E-state index contributed by atoms with van der Waals surface area (Å²) in [5.41, 5.74) is 4.74.